The van der Waals surface area contributed by atoms with Crippen molar-refractivity contribution in [3.05, 3.63) is 70.6 Å². The number of fused-ring (bicyclic) bond motifs is 2. The van der Waals surface area contributed by atoms with Crippen molar-refractivity contribution in [1.29, 1.82) is 5.26 Å². The van der Waals surface area contributed by atoms with Crippen molar-refractivity contribution in [3.8, 4) is 34.7 Å². The number of aromatic nitrogens is 2. The zero-order chi connectivity index (χ0) is 21.8. The fraction of sp³-hybridized carbons (Fsp3) is 0.143. The Morgan fingerprint density at radius 1 is 1.10 bits per heavy atom. The molecule has 0 spiro atoms. The van der Waals surface area contributed by atoms with Crippen molar-refractivity contribution in [1.82, 2.24) is 10.2 Å². The van der Waals surface area contributed by atoms with Gasteiger partial charge in [0.25, 0.3) is 0 Å². The van der Waals surface area contributed by atoms with Crippen LogP contribution >= 0.6 is 0 Å². The minimum atomic E-state index is -4.47. The molecular weight excluding hydrogens is 413 g/mol. The minimum absolute atomic E-state index is 0.0793. The third-order valence-electron chi connectivity index (χ3n) is 5.17. The average Bonchev–Trinajstić information content (AvgIpc) is 3.38. The number of aromatic amines is 1. The first-order chi connectivity index (χ1) is 14.9. The van der Waals surface area contributed by atoms with Gasteiger partial charge in [0.05, 0.1) is 22.7 Å². The van der Waals surface area contributed by atoms with E-state index in [4.69, 9.17) is 19.9 Å². The lowest BCUT2D eigenvalue weighted by molar-refractivity contribution is -0.137. The van der Waals surface area contributed by atoms with E-state index in [9.17, 15) is 18.4 Å². The molecule has 0 saturated heterocycles. The third kappa shape index (κ3) is 3.02. The highest BCUT2D eigenvalue weighted by molar-refractivity contribution is 5.73. The number of alkyl halides is 3. The van der Waals surface area contributed by atoms with Gasteiger partial charge in [-0.25, -0.2) is 0 Å². The SMILES string of the molecule is N#CC1=C(N)Oc2n[nH]c(-c3ccc4c(c3)OCO4)c2[C@H]1c1ccc(C(F)(F)F)cc1. The molecule has 5 rings (SSSR count). The third-order valence-corrected chi connectivity index (χ3v) is 5.17. The summed E-state index contributed by atoms with van der Waals surface area (Å²) in [5.41, 5.74) is 7.35. The molecule has 3 N–H and O–H groups in total. The predicted molar refractivity (Wildman–Crippen MR) is 101 cm³/mol. The van der Waals surface area contributed by atoms with E-state index in [1.165, 1.54) is 12.1 Å². The summed E-state index contributed by atoms with van der Waals surface area (Å²) in [6, 6.07) is 11.9. The van der Waals surface area contributed by atoms with Crippen LogP contribution in [-0.4, -0.2) is 17.0 Å². The number of allylic oxidation sites excluding steroid dienone is 1. The van der Waals surface area contributed by atoms with Gasteiger partial charge in [0, 0.05) is 5.56 Å². The largest absolute Gasteiger partial charge is 0.454 e. The normalized spacial score (nSPS) is 17.2. The average molecular weight is 426 g/mol. The summed E-state index contributed by atoms with van der Waals surface area (Å²) in [7, 11) is 0. The number of nitrogens with two attached hydrogens (primary N) is 1. The van der Waals surface area contributed by atoms with Crippen LogP contribution in [0.15, 0.2) is 53.9 Å². The Bertz CT molecular complexity index is 1260. The number of benzene rings is 2. The molecule has 0 unspecified atom stereocenters. The molecule has 0 amide bonds. The first-order valence-corrected chi connectivity index (χ1v) is 9.10. The van der Waals surface area contributed by atoms with Crippen molar-refractivity contribution >= 4 is 0 Å². The van der Waals surface area contributed by atoms with Crippen molar-refractivity contribution in [3.63, 3.8) is 0 Å². The summed E-state index contributed by atoms with van der Waals surface area (Å²) >= 11 is 0. The van der Waals surface area contributed by atoms with Gasteiger partial charge in [-0.1, -0.05) is 12.1 Å². The fourth-order valence-corrected chi connectivity index (χ4v) is 3.72. The van der Waals surface area contributed by atoms with Gasteiger partial charge in [-0.15, -0.1) is 5.10 Å². The van der Waals surface area contributed by atoms with Gasteiger partial charge in [0.1, 0.15) is 11.6 Å². The molecule has 1 atom stereocenters. The second kappa shape index (κ2) is 6.70. The molecule has 1 aromatic heterocycles. The van der Waals surface area contributed by atoms with Crippen LogP contribution in [0.4, 0.5) is 13.2 Å². The van der Waals surface area contributed by atoms with Crippen molar-refractivity contribution < 1.29 is 27.4 Å². The molecule has 3 heterocycles. The van der Waals surface area contributed by atoms with Crippen LogP contribution in [0.3, 0.4) is 0 Å². The molecule has 156 valence electrons. The molecule has 0 radical (unpaired) electrons. The van der Waals surface area contributed by atoms with Gasteiger partial charge in [-0.3, -0.25) is 5.10 Å². The van der Waals surface area contributed by atoms with Gasteiger partial charge < -0.3 is 19.9 Å². The number of nitrogens with one attached hydrogen (secondary N) is 1. The minimum Gasteiger partial charge on any atom is -0.454 e. The molecule has 7 nitrogen and oxygen atoms in total. The standard InChI is InChI=1S/C21H13F3N4O3/c22-21(23,24)12-4-1-10(2-5-12)16-13(8-25)19(26)31-20-17(16)18(27-28-20)11-3-6-14-15(7-11)30-9-29-14/h1-7,16H,9,26H2,(H,27,28)/t16-/m0/s1. The number of ether oxygens (including phenoxy) is 3. The maximum Gasteiger partial charge on any atom is 0.416 e. The van der Waals surface area contributed by atoms with E-state index in [1.54, 1.807) is 18.2 Å². The van der Waals surface area contributed by atoms with Crippen LogP contribution in [0.2, 0.25) is 0 Å². The lowest BCUT2D eigenvalue weighted by Crippen LogP contribution is -2.21. The van der Waals surface area contributed by atoms with Crippen LogP contribution in [0.1, 0.15) is 22.6 Å². The number of nitriles is 1. The summed E-state index contributed by atoms with van der Waals surface area (Å²) in [6.45, 7) is 0.106. The van der Waals surface area contributed by atoms with Gasteiger partial charge in [0.15, 0.2) is 11.5 Å². The summed E-state index contributed by atoms with van der Waals surface area (Å²) < 4.78 is 55.3. The van der Waals surface area contributed by atoms with Crippen LogP contribution in [0.5, 0.6) is 17.4 Å². The number of halogens is 3. The number of rotatable bonds is 2. The smallest absolute Gasteiger partial charge is 0.416 e. The van der Waals surface area contributed by atoms with Crippen molar-refractivity contribution in [2.45, 2.75) is 12.1 Å². The van der Waals surface area contributed by atoms with Crippen LogP contribution in [0, 0.1) is 11.3 Å². The van der Waals surface area contributed by atoms with E-state index in [2.05, 4.69) is 10.2 Å². The lowest BCUT2D eigenvalue weighted by atomic mass is 9.82. The van der Waals surface area contributed by atoms with Gasteiger partial charge >= 0.3 is 6.18 Å². The highest BCUT2D eigenvalue weighted by Crippen LogP contribution is 2.47. The van der Waals surface area contributed by atoms with E-state index >= 15 is 0 Å². The predicted octanol–water partition coefficient (Wildman–Crippen LogP) is 4.04. The Hall–Kier alpha value is -4.13. The molecule has 10 heteroatoms. The second-order valence-corrected chi connectivity index (χ2v) is 6.93. The van der Waals surface area contributed by atoms with E-state index in [0.29, 0.717) is 33.9 Å². The van der Waals surface area contributed by atoms with Crippen molar-refractivity contribution in [2.24, 2.45) is 5.73 Å². The van der Waals surface area contributed by atoms with E-state index in [0.717, 1.165) is 12.1 Å². The maximum atomic E-state index is 13.0. The van der Waals surface area contributed by atoms with Crippen LogP contribution in [-0.2, 0) is 6.18 Å². The van der Waals surface area contributed by atoms with Crippen LogP contribution in [0.25, 0.3) is 11.3 Å². The zero-order valence-electron chi connectivity index (χ0n) is 15.7. The van der Waals surface area contributed by atoms with Crippen molar-refractivity contribution in [2.75, 3.05) is 6.79 Å². The molecule has 0 bridgehead atoms. The van der Waals surface area contributed by atoms with Gasteiger partial charge in [-0.2, -0.15) is 18.4 Å². The Balaban J connectivity index is 1.66. The molecule has 31 heavy (non-hydrogen) atoms. The Morgan fingerprint density at radius 2 is 1.84 bits per heavy atom. The zero-order valence-corrected chi connectivity index (χ0v) is 15.7. The fourth-order valence-electron chi connectivity index (χ4n) is 3.72. The number of hydrogen-bond donors (Lipinski definition) is 2. The summed E-state index contributed by atoms with van der Waals surface area (Å²) in [4.78, 5) is 0. The lowest BCUT2D eigenvalue weighted by Gasteiger charge is -2.24. The topological polar surface area (TPSA) is 106 Å². The Morgan fingerprint density at radius 3 is 2.55 bits per heavy atom. The van der Waals surface area contributed by atoms with Gasteiger partial charge in [-0.05, 0) is 35.9 Å². The summed E-state index contributed by atoms with van der Waals surface area (Å²) in [5, 5.41) is 16.8. The van der Waals surface area contributed by atoms with Gasteiger partial charge in [0.2, 0.25) is 18.6 Å². The highest BCUT2D eigenvalue weighted by atomic mass is 19.4. The molecule has 2 aromatic carbocycles. The summed E-state index contributed by atoms with van der Waals surface area (Å²) in [6.07, 6.45) is -4.47. The molecule has 0 aliphatic carbocycles. The molecule has 0 saturated carbocycles. The van der Waals surface area contributed by atoms with E-state index in [-0.39, 0.29) is 24.1 Å². The number of hydrogen-bond acceptors (Lipinski definition) is 6. The second-order valence-electron chi connectivity index (χ2n) is 6.93. The highest BCUT2D eigenvalue weighted by Gasteiger charge is 2.37. The maximum absolute atomic E-state index is 13.0. The number of H-pyrrole nitrogens is 1. The van der Waals surface area contributed by atoms with E-state index in [1.807, 2.05) is 6.07 Å². The molecule has 3 aromatic rings. The first kappa shape index (κ1) is 18.9. The molecular formula is C21H13F3N4O3. The Labute approximate surface area is 173 Å². The van der Waals surface area contributed by atoms with E-state index < -0.39 is 17.7 Å². The Kier molecular flexibility index (Phi) is 4.08. The number of nitrogens with zero attached hydrogens (tertiary/aromatic N) is 2. The summed E-state index contributed by atoms with van der Waals surface area (Å²) in [5.74, 6) is 0.363. The van der Waals surface area contributed by atoms with Crippen LogP contribution < -0.4 is 19.9 Å². The quantitative estimate of drug-likeness (QED) is 0.641. The monoisotopic (exact) mass is 426 g/mol. The molecule has 2 aliphatic rings. The molecule has 2 aliphatic heterocycles. The first-order valence-electron chi connectivity index (χ1n) is 9.10. The molecule has 0 fully saturated rings.